The quantitative estimate of drug-likeness (QED) is 0.783. The molecule has 0 fully saturated rings. The number of para-hydroxylation sites is 2. The Hall–Kier alpha value is -2.89. The van der Waals surface area contributed by atoms with Crippen LogP contribution in [-0.2, 0) is 11.2 Å². The number of carbonyl (C=O) groups excluding carboxylic acids is 1. The van der Waals surface area contributed by atoms with E-state index in [1.54, 1.807) is 43.3 Å². The van der Waals surface area contributed by atoms with Gasteiger partial charge in [0.2, 0.25) is 5.91 Å². The molecule has 0 bridgehead atoms. The van der Waals surface area contributed by atoms with Crippen molar-refractivity contribution in [1.82, 2.24) is 9.88 Å². The van der Waals surface area contributed by atoms with E-state index in [1.807, 2.05) is 0 Å². The van der Waals surface area contributed by atoms with Crippen LogP contribution in [0, 0.1) is 5.82 Å². The van der Waals surface area contributed by atoms with Crippen LogP contribution in [0.2, 0.25) is 0 Å². The van der Waals surface area contributed by atoms with Crippen molar-refractivity contribution in [2.45, 2.75) is 19.4 Å². The first kappa shape index (κ1) is 16.0. The van der Waals surface area contributed by atoms with Gasteiger partial charge in [0, 0.05) is 6.54 Å². The Morgan fingerprint density at radius 2 is 1.92 bits per heavy atom. The Morgan fingerprint density at radius 3 is 2.67 bits per heavy atom. The molecule has 0 saturated carbocycles. The number of oxazole rings is 1. The predicted molar refractivity (Wildman–Crippen MR) is 88.3 cm³/mol. The molecule has 2 aromatic carbocycles. The fourth-order valence-electron chi connectivity index (χ4n) is 2.60. The Balaban J connectivity index is 1.67. The highest BCUT2D eigenvalue weighted by atomic mass is 19.1. The second kappa shape index (κ2) is 6.70. The molecule has 6 heteroatoms. The van der Waals surface area contributed by atoms with E-state index in [-0.39, 0.29) is 11.7 Å². The number of amides is 1. The van der Waals surface area contributed by atoms with Crippen LogP contribution in [0.5, 0.6) is 0 Å². The van der Waals surface area contributed by atoms with E-state index in [9.17, 15) is 14.0 Å². The van der Waals surface area contributed by atoms with Crippen LogP contribution in [-0.4, -0.2) is 17.0 Å². The number of hydrogen-bond acceptors (Lipinski definition) is 3. The van der Waals surface area contributed by atoms with Crippen LogP contribution in [0.25, 0.3) is 11.1 Å². The summed E-state index contributed by atoms with van der Waals surface area (Å²) in [5.41, 5.74) is 1.97. The molecule has 0 aliphatic rings. The van der Waals surface area contributed by atoms with Gasteiger partial charge in [0.25, 0.3) is 0 Å². The second-order valence-electron chi connectivity index (χ2n) is 5.55. The van der Waals surface area contributed by atoms with Gasteiger partial charge in [0.05, 0.1) is 5.52 Å². The molecule has 3 rings (SSSR count). The summed E-state index contributed by atoms with van der Waals surface area (Å²) >= 11 is 0. The van der Waals surface area contributed by atoms with Crippen molar-refractivity contribution in [2.24, 2.45) is 0 Å². The summed E-state index contributed by atoms with van der Waals surface area (Å²) in [5, 5.41) is 2.79. The number of nitrogens with zero attached hydrogens (tertiary/aromatic N) is 1. The van der Waals surface area contributed by atoms with E-state index in [1.165, 1.54) is 16.7 Å². The zero-order valence-corrected chi connectivity index (χ0v) is 13.2. The molecule has 1 heterocycles. The van der Waals surface area contributed by atoms with Crippen molar-refractivity contribution in [3.8, 4) is 0 Å². The maximum absolute atomic E-state index is 12.9. The lowest BCUT2D eigenvalue weighted by molar-refractivity contribution is -0.123. The van der Waals surface area contributed by atoms with E-state index in [0.29, 0.717) is 24.1 Å². The average Bonchev–Trinajstić information content (AvgIpc) is 2.91. The Kier molecular flexibility index (Phi) is 4.46. The van der Waals surface area contributed by atoms with Crippen molar-refractivity contribution < 1.29 is 13.6 Å². The summed E-state index contributed by atoms with van der Waals surface area (Å²) in [6.45, 7) is 2.05. The van der Waals surface area contributed by atoms with Gasteiger partial charge in [-0.05, 0) is 43.2 Å². The number of carbonyl (C=O) groups is 1. The lowest BCUT2D eigenvalue weighted by Crippen LogP contribution is -2.35. The van der Waals surface area contributed by atoms with Gasteiger partial charge in [-0.2, -0.15) is 0 Å². The number of nitrogens with one attached hydrogen (secondary N) is 1. The minimum atomic E-state index is -0.686. The Bertz CT molecular complexity index is 912. The van der Waals surface area contributed by atoms with Gasteiger partial charge in [-0.15, -0.1) is 0 Å². The van der Waals surface area contributed by atoms with E-state index in [4.69, 9.17) is 4.42 Å². The number of halogens is 1. The summed E-state index contributed by atoms with van der Waals surface area (Å²) in [5.74, 6) is -1.12. The number of aromatic nitrogens is 1. The molecule has 1 unspecified atom stereocenters. The van der Waals surface area contributed by atoms with Crippen LogP contribution in [0.1, 0.15) is 18.5 Å². The standard InChI is InChI=1S/C18H17FN2O3/c1-12(21-15-4-2-3-5-16(15)24-18(21)23)17(22)20-11-10-13-6-8-14(19)9-7-13/h2-9,12H,10-11H2,1H3,(H,20,22). The molecule has 1 amide bonds. The van der Waals surface area contributed by atoms with Crippen LogP contribution < -0.4 is 11.1 Å². The van der Waals surface area contributed by atoms with Gasteiger partial charge in [0.1, 0.15) is 11.9 Å². The molecule has 0 aliphatic heterocycles. The lowest BCUT2D eigenvalue weighted by Gasteiger charge is -2.13. The first-order valence-electron chi connectivity index (χ1n) is 7.68. The summed E-state index contributed by atoms with van der Waals surface area (Å²) in [7, 11) is 0. The summed E-state index contributed by atoms with van der Waals surface area (Å²) in [4.78, 5) is 24.3. The second-order valence-corrected chi connectivity index (χ2v) is 5.55. The van der Waals surface area contributed by atoms with Crippen LogP contribution in [0.3, 0.4) is 0 Å². The number of fused-ring (bicyclic) bond motifs is 1. The van der Waals surface area contributed by atoms with Crippen molar-refractivity contribution >= 4 is 17.0 Å². The highest BCUT2D eigenvalue weighted by Gasteiger charge is 2.20. The molecule has 5 nitrogen and oxygen atoms in total. The largest absolute Gasteiger partial charge is 0.420 e. The van der Waals surface area contributed by atoms with E-state index in [0.717, 1.165) is 5.56 Å². The maximum Gasteiger partial charge on any atom is 0.420 e. The van der Waals surface area contributed by atoms with Crippen molar-refractivity contribution in [2.75, 3.05) is 6.54 Å². The molecule has 124 valence electrons. The molecule has 0 aliphatic carbocycles. The van der Waals surface area contributed by atoms with Crippen molar-refractivity contribution in [3.63, 3.8) is 0 Å². The normalized spacial score (nSPS) is 12.2. The summed E-state index contributed by atoms with van der Waals surface area (Å²) < 4.78 is 19.3. The maximum atomic E-state index is 12.9. The van der Waals surface area contributed by atoms with E-state index < -0.39 is 11.8 Å². The molecule has 0 saturated heterocycles. The van der Waals surface area contributed by atoms with Crippen LogP contribution in [0.4, 0.5) is 4.39 Å². The molecule has 1 N–H and O–H groups in total. The first-order valence-corrected chi connectivity index (χ1v) is 7.68. The Morgan fingerprint density at radius 1 is 1.21 bits per heavy atom. The third-order valence-electron chi connectivity index (χ3n) is 3.91. The minimum Gasteiger partial charge on any atom is -0.408 e. The van der Waals surface area contributed by atoms with Crippen molar-refractivity contribution in [3.05, 3.63) is 70.5 Å². The van der Waals surface area contributed by atoms with E-state index in [2.05, 4.69) is 5.32 Å². The van der Waals surface area contributed by atoms with Crippen LogP contribution >= 0.6 is 0 Å². The monoisotopic (exact) mass is 328 g/mol. The summed E-state index contributed by atoms with van der Waals surface area (Å²) in [6, 6.07) is 12.4. The van der Waals surface area contributed by atoms with Gasteiger partial charge in [0.15, 0.2) is 5.58 Å². The molecule has 24 heavy (non-hydrogen) atoms. The molecule has 0 radical (unpaired) electrons. The Labute approximate surface area is 137 Å². The van der Waals surface area contributed by atoms with Crippen LogP contribution in [0.15, 0.2) is 57.7 Å². The third-order valence-corrected chi connectivity index (χ3v) is 3.91. The minimum absolute atomic E-state index is 0.272. The molecule has 0 spiro atoms. The van der Waals surface area contributed by atoms with Gasteiger partial charge >= 0.3 is 5.76 Å². The fourth-order valence-corrected chi connectivity index (χ4v) is 2.60. The molecular weight excluding hydrogens is 311 g/mol. The highest BCUT2D eigenvalue weighted by Crippen LogP contribution is 2.16. The number of hydrogen-bond donors (Lipinski definition) is 1. The SMILES string of the molecule is CC(C(=O)NCCc1ccc(F)cc1)n1c(=O)oc2ccccc21. The lowest BCUT2D eigenvalue weighted by atomic mass is 10.1. The molecule has 1 aromatic heterocycles. The van der Waals surface area contributed by atoms with Gasteiger partial charge in [-0.25, -0.2) is 9.18 Å². The number of rotatable bonds is 5. The molecular formula is C18H17FN2O3. The first-order chi connectivity index (χ1) is 11.6. The smallest absolute Gasteiger partial charge is 0.408 e. The zero-order valence-electron chi connectivity index (χ0n) is 13.2. The average molecular weight is 328 g/mol. The number of benzene rings is 2. The van der Waals surface area contributed by atoms with Gasteiger partial charge < -0.3 is 9.73 Å². The predicted octanol–water partition coefficient (Wildman–Crippen LogP) is 2.65. The van der Waals surface area contributed by atoms with E-state index >= 15 is 0 Å². The summed E-state index contributed by atoms with van der Waals surface area (Å²) in [6.07, 6.45) is 0.583. The van der Waals surface area contributed by atoms with Crippen molar-refractivity contribution in [1.29, 1.82) is 0 Å². The highest BCUT2D eigenvalue weighted by molar-refractivity contribution is 5.82. The molecule has 3 aromatic rings. The van der Waals surface area contributed by atoms with Gasteiger partial charge in [-0.1, -0.05) is 24.3 Å². The fraction of sp³-hybridized carbons (Fsp3) is 0.222. The van der Waals surface area contributed by atoms with Gasteiger partial charge in [-0.3, -0.25) is 9.36 Å². The zero-order chi connectivity index (χ0) is 17.1. The topological polar surface area (TPSA) is 64.2 Å². The third kappa shape index (κ3) is 3.22. The molecule has 1 atom stereocenters.